The zero-order valence-corrected chi connectivity index (χ0v) is 16.2. The molecule has 3 N–H and O–H groups in total. The Balaban J connectivity index is 2.08. The lowest BCUT2D eigenvalue weighted by Crippen LogP contribution is -2.46. The summed E-state index contributed by atoms with van der Waals surface area (Å²) >= 11 is 5.84. The number of phenolic OH excluding ortho intramolecular Hbond substituents is 1. The van der Waals surface area contributed by atoms with E-state index in [1.807, 2.05) is 0 Å². The SMILES string of the molecule is CN(c1ccc(Cl)c(S(N)(=O)=O)c1O)c1c(N(C)[C@H]2CCOC2)c(=O)c1=O. The molecule has 0 spiro atoms. The summed E-state index contributed by atoms with van der Waals surface area (Å²) < 4.78 is 28.8. The summed E-state index contributed by atoms with van der Waals surface area (Å²) in [6.45, 7) is 0.992. The normalized spacial score (nSPS) is 17.4. The molecule has 0 aliphatic carbocycles. The first-order valence-corrected chi connectivity index (χ1v) is 9.90. The highest BCUT2D eigenvalue weighted by Crippen LogP contribution is 2.41. The van der Waals surface area contributed by atoms with Crippen LogP contribution in [-0.4, -0.2) is 46.9 Å². The van der Waals surface area contributed by atoms with Crippen molar-refractivity contribution in [2.75, 3.05) is 37.1 Å². The van der Waals surface area contributed by atoms with Gasteiger partial charge in [-0.2, -0.15) is 0 Å². The van der Waals surface area contributed by atoms with Crippen LogP contribution in [0.2, 0.25) is 5.02 Å². The highest BCUT2D eigenvalue weighted by molar-refractivity contribution is 7.89. The van der Waals surface area contributed by atoms with E-state index in [1.165, 1.54) is 24.1 Å². The van der Waals surface area contributed by atoms with E-state index in [0.29, 0.717) is 19.6 Å². The molecule has 1 saturated heterocycles. The molecule has 0 radical (unpaired) electrons. The van der Waals surface area contributed by atoms with Crippen LogP contribution in [0.3, 0.4) is 0 Å². The zero-order chi connectivity index (χ0) is 20.1. The molecule has 1 atom stereocenters. The van der Waals surface area contributed by atoms with Crippen molar-refractivity contribution in [3.05, 3.63) is 37.6 Å². The lowest BCUT2D eigenvalue weighted by atomic mass is 10.1. The molecule has 2 aromatic rings. The Morgan fingerprint density at radius 2 is 1.85 bits per heavy atom. The monoisotopic (exact) mass is 415 g/mol. The quantitative estimate of drug-likeness (QED) is 0.666. The molecule has 1 heterocycles. The zero-order valence-electron chi connectivity index (χ0n) is 14.6. The van der Waals surface area contributed by atoms with Gasteiger partial charge in [0, 0.05) is 20.7 Å². The number of ether oxygens (including phenoxy) is 1. The number of likely N-dealkylation sites (N-methyl/N-ethyl adjacent to an activating group) is 1. The Morgan fingerprint density at radius 1 is 1.22 bits per heavy atom. The first-order valence-electron chi connectivity index (χ1n) is 7.97. The van der Waals surface area contributed by atoms with Gasteiger partial charge in [-0.1, -0.05) is 11.6 Å². The van der Waals surface area contributed by atoms with E-state index in [-0.39, 0.29) is 28.1 Å². The molecule has 1 aliphatic heterocycles. The highest BCUT2D eigenvalue weighted by Gasteiger charge is 2.33. The lowest BCUT2D eigenvalue weighted by Gasteiger charge is -2.32. The van der Waals surface area contributed by atoms with Crippen molar-refractivity contribution in [3.8, 4) is 5.75 Å². The molecule has 0 amide bonds. The Hall–Kier alpha value is -2.14. The van der Waals surface area contributed by atoms with Crippen LogP contribution >= 0.6 is 11.6 Å². The topological polar surface area (TPSA) is 130 Å². The van der Waals surface area contributed by atoms with Crippen LogP contribution in [0.5, 0.6) is 5.75 Å². The van der Waals surface area contributed by atoms with Crippen LogP contribution < -0.4 is 25.8 Å². The van der Waals surface area contributed by atoms with Crippen LogP contribution in [0, 0.1) is 0 Å². The molecule has 9 nitrogen and oxygen atoms in total. The van der Waals surface area contributed by atoms with Gasteiger partial charge in [-0.15, -0.1) is 0 Å². The number of halogens is 1. The summed E-state index contributed by atoms with van der Waals surface area (Å²) in [5.74, 6) is -0.696. The molecular formula is C16H18ClN3O6S. The number of nitrogens with two attached hydrogens (primary N) is 1. The fraction of sp³-hybridized carbons (Fsp3) is 0.375. The maximum atomic E-state index is 12.2. The van der Waals surface area contributed by atoms with Crippen LogP contribution in [0.25, 0.3) is 0 Å². The summed E-state index contributed by atoms with van der Waals surface area (Å²) in [5, 5.41) is 15.3. The van der Waals surface area contributed by atoms with Crippen molar-refractivity contribution >= 4 is 38.7 Å². The molecule has 3 rings (SSSR count). The van der Waals surface area contributed by atoms with Crippen LogP contribution in [0.4, 0.5) is 17.1 Å². The van der Waals surface area contributed by atoms with E-state index in [1.54, 1.807) is 11.9 Å². The van der Waals surface area contributed by atoms with Crippen molar-refractivity contribution in [2.45, 2.75) is 17.4 Å². The number of hydrogen-bond donors (Lipinski definition) is 2. The number of phenols is 1. The van der Waals surface area contributed by atoms with E-state index < -0.39 is 31.5 Å². The minimum atomic E-state index is -4.31. The minimum absolute atomic E-state index is 0.0205. The number of benzene rings is 1. The van der Waals surface area contributed by atoms with Gasteiger partial charge in [0.15, 0.2) is 5.75 Å². The number of rotatable bonds is 5. The first kappa shape index (κ1) is 19.6. The second-order valence-corrected chi connectivity index (χ2v) is 8.24. The molecular weight excluding hydrogens is 398 g/mol. The van der Waals surface area contributed by atoms with E-state index >= 15 is 0 Å². The summed E-state index contributed by atoms with van der Waals surface area (Å²) in [7, 11) is -1.18. The van der Waals surface area contributed by atoms with E-state index in [9.17, 15) is 23.1 Å². The fourth-order valence-corrected chi connectivity index (χ4v) is 4.40. The van der Waals surface area contributed by atoms with Gasteiger partial charge in [-0.05, 0) is 18.6 Å². The third-order valence-electron chi connectivity index (χ3n) is 4.71. The second kappa shape index (κ2) is 6.79. The number of primary sulfonamides is 1. The second-order valence-electron chi connectivity index (χ2n) is 6.33. The number of sulfonamides is 1. The van der Waals surface area contributed by atoms with E-state index in [0.717, 1.165) is 0 Å². The van der Waals surface area contributed by atoms with E-state index in [2.05, 4.69) is 0 Å². The van der Waals surface area contributed by atoms with Crippen molar-refractivity contribution in [1.29, 1.82) is 0 Å². The van der Waals surface area contributed by atoms with Crippen LogP contribution in [0.15, 0.2) is 26.6 Å². The maximum absolute atomic E-state index is 12.2. The van der Waals surface area contributed by atoms with Crippen LogP contribution in [-0.2, 0) is 14.8 Å². The highest BCUT2D eigenvalue weighted by atomic mass is 35.5. The van der Waals surface area contributed by atoms with Gasteiger partial charge in [0.25, 0.3) is 10.9 Å². The standard InChI is InChI=1S/C16H18ClN3O6S/c1-19(8-5-6-26-7-8)11-12(15(23)14(11)22)20(2)10-4-3-9(17)16(13(10)21)27(18,24)25/h3-4,8,21H,5-7H2,1-2H3,(H2,18,24,25)/t8-/m0/s1. The van der Waals surface area contributed by atoms with Crippen molar-refractivity contribution in [2.24, 2.45) is 5.14 Å². The van der Waals surface area contributed by atoms with Crippen molar-refractivity contribution < 1.29 is 18.3 Å². The summed E-state index contributed by atoms with van der Waals surface area (Å²) in [5.41, 5.74) is -1.17. The van der Waals surface area contributed by atoms with Gasteiger partial charge in [0.1, 0.15) is 16.3 Å². The summed E-state index contributed by atoms with van der Waals surface area (Å²) in [6.07, 6.45) is 0.709. The predicted molar refractivity (Wildman–Crippen MR) is 102 cm³/mol. The van der Waals surface area contributed by atoms with Gasteiger partial charge in [0.05, 0.1) is 23.4 Å². The molecule has 0 aromatic heterocycles. The first-order chi connectivity index (χ1) is 12.6. The lowest BCUT2D eigenvalue weighted by molar-refractivity contribution is 0.193. The number of anilines is 3. The Morgan fingerprint density at radius 3 is 2.41 bits per heavy atom. The van der Waals surface area contributed by atoms with Gasteiger partial charge in [-0.25, -0.2) is 13.6 Å². The number of nitrogens with zero attached hydrogens (tertiary/aromatic N) is 2. The third-order valence-corrected chi connectivity index (χ3v) is 6.12. The molecule has 2 aromatic carbocycles. The summed E-state index contributed by atoms with van der Waals surface area (Å²) in [4.78, 5) is 26.6. The van der Waals surface area contributed by atoms with Gasteiger partial charge in [0.2, 0.25) is 10.0 Å². The number of aromatic hydroxyl groups is 1. The Bertz CT molecular complexity index is 1070. The van der Waals surface area contributed by atoms with E-state index in [4.69, 9.17) is 21.5 Å². The van der Waals surface area contributed by atoms with Crippen molar-refractivity contribution in [1.82, 2.24) is 0 Å². The number of hydrogen-bond acceptors (Lipinski definition) is 8. The molecule has 11 heteroatoms. The predicted octanol–water partition coefficient (Wildman–Crippen LogP) is 0.282. The summed E-state index contributed by atoms with van der Waals surface area (Å²) in [6, 6.07) is 2.53. The molecule has 0 bridgehead atoms. The maximum Gasteiger partial charge on any atom is 0.253 e. The minimum Gasteiger partial charge on any atom is -0.504 e. The molecule has 27 heavy (non-hydrogen) atoms. The third kappa shape index (κ3) is 3.18. The van der Waals surface area contributed by atoms with Gasteiger partial charge in [-0.3, -0.25) is 9.59 Å². The fourth-order valence-electron chi connectivity index (χ4n) is 3.21. The van der Waals surface area contributed by atoms with Gasteiger partial charge < -0.3 is 19.6 Å². The van der Waals surface area contributed by atoms with Crippen molar-refractivity contribution in [3.63, 3.8) is 0 Å². The Kier molecular flexibility index (Phi) is 4.93. The van der Waals surface area contributed by atoms with Crippen LogP contribution in [0.1, 0.15) is 6.42 Å². The smallest absolute Gasteiger partial charge is 0.253 e. The van der Waals surface area contributed by atoms with Gasteiger partial charge >= 0.3 is 0 Å². The Labute approximate surface area is 160 Å². The average molecular weight is 416 g/mol. The molecule has 146 valence electrons. The molecule has 0 saturated carbocycles. The largest absolute Gasteiger partial charge is 0.504 e. The molecule has 0 unspecified atom stereocenters. The average Bonchev–Trinajstić information content (AvgIpc) is 3.11. The molecule has 1 fully saturated rings. The molecule has 1 aliphatic rings.